The van der Waals surface area contributed by atoms with Gasteiger partial charge in [0.2, 0.25) is 0 Å². The second-order valence-corrected chi connectivity index (χ2v) is 6.37. The first-order valence-corrected chi connectivity index (χ1v) is 9.01. The highest BCUT2D eigenvalue weighted by Gasteiger charge is 2.15. The first-order valence-electron chi connectivity index (χ1n) is 9.01. The molecule has 1 amide bonds. The molecule has 0 atom stereocenters. The molecule has 0 fully saturated rings. The average molecular weight is 397 g/mol. The van der Waals surface area contributed by atoms with Gasteiger partial charge in [-0.1, -0.05) is 0 Å². The maximum atomic E-state index is 12.1. The first kappa shape index (κ1) is 18.7. The van der Waals surface area contributed by atoms with Crippen LogP contribution in [-0.4, -0.2) is 38.8 Å². The van der Waals surface area contributed by atoms with Gasteiger partial charge in [-0.05, 0) is 24.3 Å². The van der Waals surface area contributed by atoms with Crippen molar-refractivity contribution in [1.29, 1.82) is 0 Å². The van der Waals surface area contributed by atoms with Gasteiger partial charge in [0.15, 0.2) is 18.1 Å². The Kier molecular flexibility index (Phi) is 5.24. The molecule has 0 aliphatic carbocycles. The van der Waals surface area contributed by atoms with Crippen molar-refractivity contribution in [2.24, 2.45) is 0 Å². The van der Waals surface area contributed by atoms with E-state index in [0.29, 0.717) is 47.3 Å². The molecule has 1 aromatic heterocycles. The van der Waals surface area contributed by atoms with E-state index in [1.807, 2.05) is 6.07 Å². The van der Waals surface area contributed by atoms with Gasteiger partial charge >= 0.3 is 5.97 Å². The van der Waals surface area contributed by atoms with Gasteiger partial charge in [-0.15, -0.1) is 0 Å². The van der Waals surface area contributed by atoms with E-state index in [2.05, 4.69) is 5.32 Å². The molecule has 29 heavy (non-hydrogen) atoms. The molecule has 8 nitrogen and oxygen atoms in total. The van der Waals surface area contributed by atoms with Gasteiger partial charge in [0.05, 0.1) is 19.8 Å². The number of methoxy groups -OCH3 is 1. The maximum Gasteiger partial charge on any atom is 0.310 e. The molecule has 0 unspecified atom stereocenters. The number of hydrogen-bond donors (Lipinski definition) is 1. The topological polar surface area (TPSA) is 96.2 Å². The molecule has 0 saturated carbocycles. The molecule has 0 bridgehead atoms. The van der Waals surface area contributed by atoms with Crippen molar-refractivity contribution in [3.63, 3.8) is 0 Å². The molecule has 0 radical (unpaired) electrons. The third kappa shape index (κ3) is 4.26. The molecule has 1 aliphatic heterocycles. The van der Waals surface area contributed by atoms with Crippen LogP contribution in [0.3, 0.4) is 0 Å². The van der Waals surface area contributed by atoms with Crippen LogP contribution in [0.25, 0.3) is 11.0 Å². The minimum atomic E-state index is -0.527. The third-order valence-electron chi connectivity index (χ3n) is 4.39. The highest BCUT2D eigenvalue weighted by atomic mass is 16.6. The third-order valence-corrected chi connectivity index (χ3v) is 4.39. The lowest BCUT2D eigenvalue weighted by Crippen LogP contribution is -2.22. The van der Waals surface area contributed by atoms with Crippen molar-refractivity contribution in [3.05, 3.63) is 48.2 Å². The number of carbonyl (C=O) groups is 2. The van der Waals surface area contributed by atoms with Crippen LogP contribution < -0.4 is 19.5 Å². The van der Waals surface area contributed by atoms with E-state index in [4.69, 9.17) is 23.4 Å². The normalized spacial score (nSPS) is 12.4. The lowest BCUT2D eigenvalue weighted by atomic mass is 10.1. The van der Waals surface area contributed by atoms with Gasteiger partial charge in [0, 0.05) is 28.8 Å². The molecule has 1 aliphatic rings. The molecule has 150 valence electrons. The number of amides is 1. The van der Waals surface area contributed by atoms with Crippen LogP contribution in [0.2, 0.25) is 0 Å². The van der Waals surface area contributed by atoms with Crippen molar-refractivity contribution in [3.8, 4) is 17.2 Å². The van der Waals surface area contributed by atoms with E-state index in [1.54, 1.807) is 37.4 Å². The van der Waals surface area contributed by atoms with Crippen molar-refractivity contribution in [2.75, 3.05) is 32.2 Å². The summed E-state index contributed by atoms with van der Waals surface area (Å²) in [5.74, 6) is 0.884. The zero-order valence-corrected chi connectivity index (χ0v) is 15.7. The second-order valence-electron chi connectivity index (χ2n) is 6.37. The number of fused-ring (bicyclic) bond motifs is 2. The monoisotopic (exact) mass is 397 g/mol. The van der Waals surface area contributed by atoms with Crippen LogP contribution in [0.15, 0.2) is 47.1 Å². The molecule has 0 saturated heterocycles. The number of carbonyl (C=O) groups excluding carboxylic acids is 2. The van der Waals surface area contributed by atoms with Gasteiger partial charge < -0.3 is 28.7 Å². The molecule has 1 N–H and O–H groups in total. The Balaban J connectivity index is 1.31. The number of nitrogens with one attached hydrogen (secondary N) is 1. The van der Waals surface area contributed by atoms with E-state index in [-0.39, 0.29) is 6.42 Å². The van der Waals surface area contributed by atoms with Crippen LogP contribution in [0.1, 0.15) is 5.56 Å². The summed E-state index contributed by atoms with van der Waals surface area (Å²) in [5.41, 5.74) is 1.83. The van der Waals surface area contributed by atoms with Crippen molar-refractivity contribution >= 4 is 28.5 Å². The molecular formula is C21H19NO7. The van der Waals surface area contributed by atoms with E-state index < -0.39 is 18.5 Å². The van der Waals surface area contributed by atoms with E-state index in [9.17, 15) is 9.59 Å². The van der Waals surface area contributed by atoms with Crippen LogP contribution in [0.4, 0.5) is 5.69 Å². The Labute approximate surface area is 166 Å². The SMILES string of the molecule is COc1ccc2c(CC(=O)OCC(=O)Nc3ccc4c(c3)OCCO4)coc2c1. The lowest BCUT2D eigenvalue weighted by Gasteiger charge is -2.19. The summed E-state index contributed by atoms with van der Waals surface area (Å²) in [6, 6.07) is 10.4. The fraction of sp³-hybridized carbons (Fsp3) is 0.238. The number of benzene rings is 2. The minimum absolute atomic E-state index is 0.00334. The summed E-state index contributed by atoms with van der Waals surface area (Å²) in [4.78, 5) is 24.2. The Hall–Kier alpha value is -3.68. The van der Waals surface area contributed by atoms with Crippen LogP contribution in [0, 0.1) is 0 Å². The van der Waals surface area contributed by atoms with Crippen LogP contribution >= 0.6 is 0 Å². The Morgan fingerprint density at radius 3 is 2.72 bits per heavy atom. The largest absolute Gasteiger partial charge is 0.497 e. The van der Waals surface area contributed by atoms with Gasteiger partial charge in [-0.25, -0.2) is 0 Å². The Morgan fingerprint density at radius 1 is 1.07 bits per heavy atom. The standard InChI is InChI=1S/C21H19NO7/c1-25-15-3-4-16-13(11-28-18(16)10-15)8-21(24)29-12-20(23)22-14-2-5-17-19(9-14)27-7-6-26-17/h2-5,9-11H,6-8,12H2,1H3,(H,22,23). The van der Waals surface area contributed by atoms with Gasteiger partial charge in [-0.3, -0.25) is 9.59 Å². The highest BCUT2D eigenvalue weighted by Crippen LogP contribution is 2.32. The summed E-state index contributed by atoms with van der Waals surface area (Å²) >= 11 is 0. The molecule has 2 aromatic carbocycles. The number of rotatable bonds is 6. The molecule has 2 heterocycles. The predicted octanol–water partition coefficient (Wildman–Crippen LogP) is 2.94. The summed E-state index contributed by atoms with van der Waals surface area (Å²) < 4.78 is 26.6. The summed E-state index contributed by atoms with van der Waals surface area (Å²) in [7, 11) is 1.57. The number of esters is 1. The summed E-state index contributed by atoms with van der Waals surface area (Å²) in [5, 5.41) is 3.46. The first-order chi connectivity index (χ1) is 14.1. The Morgan fingerprint density at radius 2 is 1.90 bits per heavy atom. The molecule has 4 rings (SSSR count). The molecular weight excluding hydrogens is 378 g/mol. The van der Waals surface area contributed by atoms with Gasteiger partial charge in [-0.2, -0.15) is 0 Å². The maximum absolute atomic E-state index is 12.1. The smallest absolute Gasteiger partial charge is 0.310 e. The summed E-state index contributed by atoms with van der Waals surface area (Å²) in [6.07, 6.45) is 1.50. The number of anilines is 1. The van der Waals surface area contributed by atoms with Crippen molar-refractivity contribution < 1.29 is 33.0 Å². The Bertz CT molecular complexity index is 1060. The fourth-order valence-corrected chi connectivity index (χ4v) is 3.00. The lowest BCUT2D eigenvalue weighted by molar-refractivity contribution is -0.146. The zero-order valence-electron chi connectivity index (χ0n) is 15.7. The number of furan rings is 1. The fourth-order valence-electron chi connectivity index (χ4n) is 3.00. The van der Waals surface area contributed by atoms with E-state index >= 15 is 0 Å². The van der Waals surface area contributed by atoms with Gasteiger partial charge in [0.1, 0.15) is 24.5 Å². The highest BCUT2D eigenvalue weighted by molar-refractivity contribution is 5.93. The van der Waals surface area contributed by atoms with Crippen LogP contribution in [0.5, 0.6) is 17.2 Å². The second kappa shape index (κ2) is 8.14. The average Bonchev–Trinajstić information content (AvgIpc) is 3.14. The van der Waals surface area contributed by atoms with Gasteiger partial charge in [0.25, 0.3) is 5.91 Å². The quantitative estimate of drug-likeness (QED) is 0.639. The van der Waals surface area contributed by atoms with Crippen molar-refractivity contribution in [1.82, 2.24) is 0 Å². The minimum Gasteiger partial charge on any atom is -0.497 e. The molecule has 3 aromatic rings. The molecule has 0 spiro atoms. The van der Waals surface area contributed by atoms with E-state index in [0.717, 1.165) is 5.39 Å². The van der Waals surface area contributed by atoms with E-state index in [1.165, 1.54) is 6.26 Å². The molecule has 8 heteroatoms. The number of ether oxygens (including phenoxy) is 4. The predicted molar refractivity (Wildman–Crippen MR) is 103 cm³/mol. The van der Waals surface area contributed by atoms with Crippen LogP contribution in [-0.2, 0) is 20.7 Å². The zero-order chi connectivity index (χ0) is 20.2. The van der Waals surface area contributed by atoms with Crippen molar-refractivity contribution in [2.45, 2.75) is 6.42 Å². The number of hydrogen-bond acceptors (Lipinski definition) is 7. The summed E-state index contributed by atoms with van der Waals surface area (Å²) in [6.45, 7) is 0.558.